The van der Waals surface area contributed by atoms with E-state index in [2.05, 4.69) is 5.32 Å². The van der Waals surface area contributed by atoms with Gasteiger partial charge in [0.1, 0.15) is 0 Å². The van der Waals surface area contributed by atoms with Crippen LogP contribution in [0.15, 0.2) is 18.2 Å². The van der Waals surface area contributed by atoms with Gasteiger partial charge in [0, 0.05) is 6.54 Å². The fourth-order valence-corrected chi connectivity index (χ4v) is 2.14. The van der Waals surface area contributed by atoms with E-state index in [1.165, 1.54) is 6.07 Å². The number of carbonyl (C=O) groups is 1. The number of amides is 1. The summed E-state index contributed by atoms with van der Waals surface area (Å²) in [7, 11) is 0. The van der Waals surface area contributed by atoms with Crippen molar-refractivity contribution in [1.29, 1.82) is 0 Å². The molecule has 2 N–H and O–H groups in total. The minimum atomic E-state index is -0.974. The van der Waals surface area contributed by atoms with Gasteiger partial charge in [0.25, 0.3) is 0 Å². The molecule has 5 heteroatoms. The van der Waals surface area contributed by atoms with Crippen molar-refractivity contribution in [3.63, 3.8) is 0 Å². The molecule has 1 aromatic rings. The Morgan fingerprint density at radius 1 is 1.35 bits per heavy atom. The molecule has 3 nitrogen and oxygen atoms in total. The van der Waals surface area contributed by atoms with Crippen LogP contribution in [0.3, 0.4) is 0 Å². The van der Waals surface area contributed by atoms with Crippen molar-refractivity contribution in [1.82, 2.24) is 5.32 Å². The van der Waals surface area contributed by atoms with Crippen molar-refractivity contribution >= 4 is 5.91 Å². The Morgan fingerprint density at radius 2 is 2.00 bits per heavy atom. The number of hydrogen-bond acceptors (Lipinski definition) is 2. The largest absolute Gasteiger partial charge is 0.388 e. The highest BCUT2D eigenvalue weighted by molar-refractivity contribution is 5.78. The van der Waals surface area contributed by atoms with E-state index >= 15 is 0 Å². The molecule has 0 saturated heterocycles. The van der Waals surface area contributed by atoms with Gasteiger partial charge >= 0.3 is 0 Å². The zero-order valence-electron chi connectivity index (χ0n) is 12.0. The minimum absolute atomic E-state index is 0.0467. The van der Waals surface area contributed by atoms with E-state index in [9.17, 15) is 18.7 Å². The van der Waals surface area contributed by atoms with Crippen LogP contribution < -0.4 is 5.32 Å². The molecule has 20 heavy (non-hydrogen) atoms. The summed E-state index contributed by atoms with van der Waals surface area (Å²) in [6, 6.07) is 3.36. The van der Waals surface area contributed by atoms with E-state index in [1.807, 2.05) is 13.8 Å². The Kier molecular flexibility index (Phi) is 5.62. The van der Waals surface area contributed by atoms with E-state index in [1.54, 1.807) is 6.92 Å². The minimum Gasteiger partial charge on any atom is -0.388 e. The fourth-order valence-electron chi connectivity index (χ4n) is 2.14. The molecule has 1 aromatic carbocycles. The van der Waals surface area contributed by atoms with Gasteiger partial charge in [-0.05, 0) is 37.0 Å². The second-order valence-corrected chi connectivity index (χ2v) is 5.80. The molecular formula is C15H21F2NO2. The highest BCUT2D eigenvalue weighted by atomic mass is 19.2. The van der Waals surface area contributed by atoms with Gasteiger partial charge in [-0.2, -0.15) is 0 Å². The second kappa shape index (κ2) is 6.79. The average molecular weight is 285 g/mol. The molecule has 1 atom stereocenters. The monoisotopic (exact) mass is 285 g/mol. The van der Waals surface area contributed by atoms with Crippen LogP contribution in [-0.2, 0) is 11.2 Å². The predicted molar refractivity (Wildman–Crippen MR) is 73.2 cm³/mol. The number of benzene rings is 1. The molecule has 0 aliphatic rings. The summed E-state index contributed by atoms with van der Waals surface area (Å²) in [5.41, 5.74) is -0.581. The molecule has 0 saturated carbocycles. The van der Waals surface area contributed by atoms with E-state index in [0.29, 0.717) is 17.9 Å². The van der Waals surface area contributed by atoms with Crippen molar-refractivity contribution in [2.45, 2.75) is 39.2 Å². The first-order valence-electron chi connectivity index (χ1n) is 6.62. The van der Waals surface area contributed by atoms with Crippen LogP contribution in [0.2, 0.25) is 0 Å². The number of nitrogens with one attached hydrogen (secondary N) is 1. The van der Waals surface area contributed by atoms with Crippen LogP contribution in [-0.4, -0.2) is 23.2 Å². The molecular weight excluding hydrogens is 264 g/mol. The topological polar surface area (TPSA) is 49.3 Å². The van der Waals surface area contributed by atoms with Gasteiger partial charge in [0.15, 0.2) is 11.6 Å². The standard InChI is InChI=1S/C15H21F2NO2/c1-10(2)8-15(3,20)9-18-14(19)7-11-4-5-12(16)13(17)6-11/h4-6,10,20H,7-9H2,1-3H3,(H,18,19). The molecule has 1 amide bonds. The molecule has 1 unspecified atom stereocenters. The van der Waals surface area contributed by atoms with Crippen LogP contribution in [0.5, 0.6) is 0 Å². The Hall–Kier alpha value is -1.49. The maximum Gasteiger partial charge on any atom is 0.224 e. The third-order valence-electron chi connectivity index (χ3n) is 2.86. The van der Waals surface area contributed by atoms with Gasteiger partial charge in [-0.25, -0.2) is 8.78 Å². The molecule has 0 bridgehead atoms. The fraction of sp³-hybridized carbons (Fsp3) is 0.533. The van der Waals surface area contributed by atoms with Gasteiger partial charge < -0.3 is 10.4 Å². The normalized spacial score (nSPS) is 14.2. The molecule has 0 radical (unpaired) electrons. The molecule has 0 aliphatic carbocycles. The van der Waals surface area contributed by atoms with Crippen molar-refractivity contribution in [2.24, 2.45) is 5.92 Å². The lowest BCUT2D eigenvalue weighted by Gasteiger charge is -2.25. The number of halogens is 2. The predicted octanol–water partition coefficient (Wildman–Crippen LogP) is 2.42. The summed E-state index contributed by atoms with van der Waals surface area (Å²) in [6.45, 7) is 5.76. The number of aliphatic hydroxyl groups is 1. The molecule has 0 fully saturated rings. The quantitative estimate of drug-likeness (QED) is 0.843. The highest BCUT2D eigenvalue weighted by Gasteiger charge is 2.22. The Morgan fingerprint density at radius 3 is 2.55 bits per heavy atom. The summed E-state index contributed by atoms with van der Waals surface area (Å²) in [5.74, 6) is -1.93. The molecule has 0 aliphatic heterocycles. The summed E-state index contributed by atoms with van der Waals surface area (Å²) in [5, 5.41) is 12.7. The van der Waals surface area contributed by atoms with Crippen LogP contribution in [0.1, 0.15) is 32.8 Å². The van der Waals surface area contributed by atoms with E-state index in [4.69, 9.17) is 0 Å². The summed E-state index contributed by atoms with van der Waals surface area (Å²) in [6.07, 6.45) is 0.521. The number of hydrogen-bond donors (Lipinski definition) is 2. The van der Waals surface area contributed by atoms with Gasteiger partial charge in [-0.15, -0.1) is 0 Å². The third-order valence-corrected chi connectivity index (χ3v) is 2.86. The van der Waals surface area contributed by atoms with Crippen LogP contribution in [0.4, 0.5) is 8.78 Å². The first kappa shape index (κ1) is 16.6. The van der Waals surface area contributed by atoms with Crippen LogP contribution >= 0.6 is 0 Å². The summed E-state index contributed by atoms with van der Waals surface area (Å²) in [4.78, 5) is 11.7. The summed E-state index contributed by atoms with van der Waals surface area (Å²) >= 11 is 0. The van der Waals surface area contributed by atoms with Crippen LogP contribution in [0, 0.1) is 17.6 Å². The first-order chi connectivity index (χ1) is 9.19. The molecule has 0 aromatic heterocycles. The third kappa shape index (κ3) is 5.65. The lowest BCUT2D eigenvalue weighted by molar-refractivity contribution is -0.121. The van der Waals surface area contributed by atoms with Crippen molar-refractivity contribution < 1.29 is 18.7 Å². The zero-order chi connectivity index (χ0) is 15.3. The van der Waals surface area contributed by atoms with E-state index in [0.717, 1.165) is 12.1 Å². The van der Waals surface area contributed by atoms with E-state index < -0.39 is 17.2 Å². The average Bonchev–Trinajstić information content (AvgIpc) is 2.30. The molecule has 112 valence electrons. The number of rotatable bonds is 6. The lowest BCUT2D eigenvalue weighted by Crippen LogP contribution is -2.42. The Balaban J connectivity index is 2.49. The number of carbonyl (C=O) groups excluding carboxylic acids is 1. The first-order valence-corrected chi connectivity index (χ1v) is 6.62. The van der Waals surface area contributed by atoms with Crippen LogP contribution in [0.25, 0.3) is 0 Å². The maximum atomic E-state index is 13.0. The molecule has 0 heterocycles. The van der Waals surface area contributed by atoms with E-state index in [-0.39, 0.29) is 18.9 Å². The van der Waals surface area contributed by atoms with Crippen molar-refractivity contribution in [3.8, 4) is 0 Å². The van der Waals surface area contributed by atoms with Gasteiger partial charge in [0.2, 0.25) is 5.91 Å². The molecule has 0 spiro atoms. The summed E-state index contributed by atoms with van der Waals surface area (Å²) < 4.78 is 25.8. The highest BCUT2D eigenvalue weighted by Crippen LogP contribution is 2.15. The second-order valence-electron chi connectivity index (χ2n) is 5.80. The SMILES string of the molecule is CC(C)CC(C)(O)CNC(=O)Cc1ccc(F)c(F)c1. The smallest absolute Gasteiger partial charge is 0.224 e. The zero-order valence-corrected chi connectivity index (χ0v) is 12.0. The van der Waals surface area contributed by atoms with Gasteiger partial charge in [-0.3, -0.25) is 4.79 Å². The van der Waals surface area contributed by atoms with Crippen molar-refractivity contribution in [2.75, 3.05) is 6.54 Å². The van der Waals surface area contributed by atoms with Gasteiger partial charge in [0.05, 0.1) is 12.0 Å². The molecule has 1 rings (SSSR count). The van der Waals surface area contributed by atoms with Crippen molar-refractivity contribution in [3.05, 3.63) is 35.4 Å². The maximum absolute atomic E-state index is 13.0. The lowest BCUT2D eigenvalue weighted by atomic mass is 9.94. The van der Waals surface area contributed by atoms with Gasteiger partial charge in [-0.1, -0.05) is 19.9 Å². The Labute approximate surface area is 118 Å². The Bertz CT molecular complexity index is 473.